The Balaban J connectivity index is 2.02. The molecule has 1 fully saturated rings. The number of rotatable bonds is 6. The van der Waals surface area contributed by atoms with Crippen molar-refractivity contribution in [2.24, 2.45) is 5.92 Å². The minimum Gasteiger partial charge on any atom is -0.339 e. The van der Waals surface area contributed by atoms with E-state index in [9.17, 15) is 9.59 Å². The van der Waals surface area contributed by atoms with E-state index in [1.165, 1.54) is 0 Å². The zero-order valence-corrected chi connectivity index (χ0v) is 14.1. The molecule has 1 aromatic carbocycles. The fourth-order valence-corrected chi connectivity index (χ4v) is 2.80. The van der Waals surface area contributed by atoms with Crippen LogP contribution in [0.5, 0.6) is 0 Å². The maximum absolute atomic E-state index is 12.7. The summed E-state index contributed by atoms with van der Waals surface area (Å²) in [5.41, 5.74) is 1.20. The van der Waals surface area contributed by atoms with Crippen LogP contribution < -0.4 is 10.6 Å². The summed E-state index contributed by atoms with van der Waals surface area (Å²) in [6, 6.07) is 7.29. The molecule has 0 unspecified atom stereocenters. The first kappa shape index (κ1) is 17.5. The molecule has 0 saturated carbocycles. The summed E-state index contributed by atoms with van der Waals surface area (Å²) in [7, 11) is 1.87. The molecule has 23 heavy (non-hydrogen) atoms. The van der Waals surface area contributed by atoms with E-state index >= 15 is 0 Å². The zero-order valence-electron chi connectivity index (χ0n) is 14.1. The number of hydrogen-bond donors (Lipinski definition) is 2. The summed E-state index contributed by atoms with van der Waals surface area (Å²) in [4.78, 5) is 26.6. The van der Waals surface area contributed by atoms with Crippen LogP contribution in [0.15, 0.2) is 24.3 Å². The van der Waals surface area contributed by atoms with E-state index in [0.29, 0.717) is 23.6 Å². The van der Waals surface area contributed by atoms with Gasteiger partial charge in [-0.2, -0.15) is 0 Å². The smallest absolute Gasteiger partial charge is 0.255 e. The number of nitrogens with zero attached hydrogens (tertiary/aromatic N) is 1. The molecule has 1 aliphatic heterocycles. The maximum atomic E-state index is 12.7. The topological polar surface area (TPSA) is 61.4 Å². The molecule has 1 saturated heterocycles. The predicted molar refractivity (Wildman–Crippen MR) is 92.5 cm³/mol. The molecule has 5 heteroatoms. The Kier molecular flexibility index (Phi) is 6.59. The van der Waals surface area contributed by atoms with Crippen molar-refractivity contribution in [3.05, 3.63) is 29.8 Å². The van der Waals surface area contributed by atoms with Gasteiger partial charge in [0.2, 0.25) is 5.91 Å². The Morgan fingerprint density at radius 3 is 2.61 bits per heavy atom. The minimum absolute atomic E-state index is 0.0167. The molecule has 0 aromatic heterocycles. The lowest BCUT2D eigenvalue weighted by molar-refractivity contribution is -0.116. The number of anilines is 1. The van der Waals surface area contributed by atoms with Crippen molar-refractivity contribution < 1.29 is 9.59 Å². The number of para-hydroxylation sites is 1. The number of benzene rings is 1. The third-order valence-electron chi connectivity index (χ3n) is 4.33. The summed E-state index contributed by atoms with van der Waals surface area (Å²) in [6.07, 6.45) is 3.32. The first-order valence-electron chi connectivity index (χ1n) is 8.44. The highest BCUT2D eigenvalue weighted by Crippen LogP contribution is 2.22. The highest BCUT2D eigenvalue weighted by Gasteiger charge is 2.23. The van der Waals surface area contributed by atoms with Gasteiger partial charge >= 0.3 is 0 Å². The molecule has 1 aromatic rings. The van der Waals surface area contributed by atoms with E-state index in [1.54, 1.807) is 12.1 Å². The number of hydrogen-bond acceptors (Lipinski definition) is 3. The van der Waals surface area contributed by atoms with Crippen LogP contribution in [-0.4, -0.2) is 43.4 Å². The SMILES string of the molecule is CNCCCC(=O)Nc1ccccc1C(=O)N1CCC(C)CC1. The number of carbonyl (C=O) groups is 2. The Morgan fingerprint density at radius 2 is 1.91 bits per heavy atom. The molecular formula is C18H27N3O2. The van der Waals surface area contributed by atoms with Gasteiger partial charge in [0, 0.05) is 19.5 Å². The lowest BCUT2D eigenvalue weighted by atomic mass is 9.98. The van der Waals surface area contributed by atoms with Gasteiger partial charge in [0.1, 0.15) is 0 Å². The van der Waals surface area contributed by atoms with Crippen LogP contribution >= 0.6 is 0 Å². The summed E-state index contributed by atoms with van der Waals surface area (Å²) < 4.78 is 0. The number of piperidine rings is 1. The average molecular weight is 317 g/mol. The van der Waals surface area contributed by atoms with Gasteiger partial charge in [-0.1, -0.05) is 19.1 Å². The molecule has 2 N–H and O–H groups in total. The summed E-state index contributed by atoms with van der Waals surface area (Å²) in [5.74, 6) is 0.650. The molecule has 2 amide bonds. The first-order valence-corrected chi connectivity index (χ1v) is 8.44. The van der Waals surface area contributed by atoms with Gasteiger partial charge in [-0.05, 0) is 50.9 Å². The first-order chi connectivity index (χ1) is 11.1. The predicted octanol–water partition coefficient (Wildman–Crippen LogP) is 2.50. The van der Waals surface area contributed by atoms with Crippen LogP contribution in [0, 0.1) is 5.92 Å². The van der Waals surface area contributed by atoms with Crippen LogP contribution in [0.3, 0.4) is 0 Å². The summed E-state index contributed by atoms with van der Waals surface area (Å²) >= 11 is 0. The van der Waals surface area contributed by atoms with Crippen LogP contribution in [0.1, 0.15) is 43.0 Å². The Labute approximate surface area is 138 Å². The Hall–Kier alpha value is -1.88. The van der Waals surface area contributed by atoms with Crippen molar-refractivity contribution in [1.29, 1.82) is 0 Å². The van der Waals surface area contributed by atoms with E-state index in [-0.39, 0.29) is 11.8 Å². The van der Waals surface area contributed by atoms with Crippen molar-refractivity contribution in [3.8, 4) is 0 Å². The maximum Gasteiger partial charge on any atom is 0.255 e. The number of amides is 2. The van der Waals surface area contributed by atoms with E-state index in [4.69, 9.17) is 0 Å². The molecule has 1 aliphatic rings. The molecule has 5 nitrogen and oxygen atoms in total. The second-order valence-corrected chi connectivity index (χ2v) is 6.28. The summed E-state index contributed by atoms with van der Waals surface area (Å²) in [6.45, 7) is 4.62. The number of likely N-dealkylation sites (tertiary alicyclic amines) is 1. The monoisotopic (exact) mass is 317 g/mol. The van der Waals surface area contributed by atoms with E-state index in [2.05, 4.69) is 17.6 Å². The quantitative estimate of drug-likeness (QED) is 0.793. The third-order valence-corrected chi connectivity index (χ3v) is 4.33. The van der Waals surface area contributed by atoms with Gasteiger partial charge in [-0.25, -0.2) is 0 Å². The second kappa shape index (κ2) is 8.67. The van der Waals surface area contributed by atoms with Crippen molar-refractivity contribution in [3.63, 3.8) is 0 Å². The Morgan fingerprint density at radius 1 is 1.22 bits per heavy atom. The van der Waals surface area contributed by atoms with E-state index < -0.39 is 0 Å². The fourth-order valence-electron chi connectivity index (χ4n) is 2.80. The van der Waals surface area contributed by atoms with Gasteiger partial charge in [0.25, 0.3) is 5.91 Å². The molecular weight excluding hydrogens is 290 g/mol. The fraction of sp³-hybridized carbons (Fsp3) is 0.556. The highest BCUT2D eigenvalue weighted by molar-refractivity contribution is 6.03. The molecule has 126 valence electrons. The second-order valence-electron chi connectivity index (χ2n) is 6.28. The normalized spacial score (nSPS) is 15.5. The van der Waals surface area contributed by atoms with Crippen molar-refractivity contribution in [1.82, 2.24) is 10.2 Å². The van der Waals surface area contributed by atoms with Crippen LogP contribution in [0.2, 0.25) is 0 Å². The standard InChI is InChI=1S/C18H27N3O2/c1-14-9-12-21(13-10-14)18(23)15-6-3-4-7-16(15)20-17(22)8-5-11-19-2/h3-4,6-7,14,19H,5,8-13H2,1-2H3,(H,20,22). The molecule has 0 bridgehead atoms. The lowest BCUT2D eigenvalue weighted by Gasteiger charge is -2.30. The average Bonchev–Trinajstić information content (AvgIpc) is 2.56. The zero-order chi connectivity index (χ0) is 16.7. The van der Waals surface area contributed by atoms with Crippen LogP contribution in [-0.2, 0) is 4.79 Å². The van der Waals surface area contributed by atoms with Gasteiger partial charge in [-0.3, -0.25) is 9.59 Å². The minimum atomic E-state index is -0.0484. The molecule has 1 heterocycles. The molecule has 0 aliphatic carbocycles. The largest absolute Gasteiger partial charge is 0.339 e. The molecule has 2 rings (SSSR count). The van der Waals surface area contributed by atoms with Gasteiger partial charge in [0.05, 0.1) is 11.3 Å². The molecule has 0 spiro atoms. The van der Waals surface area contributed by atoms with E-state index in [0.717, 1.165) is 38.9 Å². The van der Waals surface area contributed by atoms with Crippen molar-refractivity contribution >= 4 is 17.5 Å². The molecule has 0 radical (unpaired) electrons. The third kappa shape index (κ3) is 5.06. The lowest BCUT2D eigenvalue weighted by Crippen LogP contribution is -2.38. The number of carbonyl (C=O) groups excluding carboxylic acids is 2. The highest BCUT2D eigenvalue weighted by atomic mass is 16.2. The molecule has 0 atom stereocenters. The van der Waals surface area contributed by atoms with Gasteiger partial charge in [0.15, 0.2) is 0 Å². The van der Waals surface area contributed by atoms with Crippen molar-refractivity contribution in [2.45, 2.75) is 32.6 Å². The van der Waals surface area contributed by atoms with Crippen LogP contribution in [0.4, 0.5) is 5.69 Å². The van der Waals surface area contributed by atoms with Gasteiger partial charge in [-0.15, -0.1) is 0 Å². The van der Waals surface area contributed by atoms with Gasteiger partial charge < -0.3 is 15.5 Å². The summed E-state index contributed by atoms with van der Waals surface area (Å²) in [5, 5.41) is 5.91. The number of nitrogens with one attached hydrogen (secondary N) is 2. The van der Waals surface area contributed by atoms with Crippen molar-refractivity contribution in [2.75, 3.05) is 32.0 Å². The van der Waals surface area contributed by atoms with E-state index in [1.807, 2.05) is 24.1 Å². The van der Waals surface area contributed by atoms with Crippen LogP contribution in [0.25, 0.3) is 0 Å². The Bertz CT molecular complexity index is 537.